The van der Waals surface area contributed by atoms with E-state index in [1.165, 1.54) is 12.1 Å². The first-order valence-corrected chi connectivity index (χ1v) is 4.79. The molecule has 76 valence electrons. The molecule has 1 nitrogen and oxygen atoms in total. The quantitative estimate of drug-likeness (QED) is 0.703. The first-order chi connectivity index (χ1) is 7.16. The van der Waals surface area contributed by atoms with Crippen LogP contribution in [0.4, 0.5) is 10.1 Å². The van der Waals surface area contributed by atoms with Crippen LogP contribution in [0.15, 0.2) is 42.5 Å². The maximum absolute atomic E-state index is 13.0. The fraction of sp³-hybridized carbons (Fsp3) is 0.0769. The Bertz CT molecular complexity index is 492. The normalized spacial score (nSPS) is 10.3. The second kappa shape index (κ2) is 3.73. The molecule has 2 N–H and O–H groups in total. The Morgan fingerprint density at radius 3 is 2.40 bits per heavy atom. The summed E-state index contributed by atoms with van der Waals surface area (Å²) < 4.78 is 13.0. The van der Waals surface area contributed by atoms with E-state index in [9.17, 15) is 4.39 Å². The van der Waals surface area contributed by atoms with Gasteiger partial charge in [-0.05, 0) is 47.9 Å². The first kappa shape index (κ1) is 9.71. The number of hydrogen-bond acceptors (Lipinski definition) is 1. The Labute approximate surface area is 88.4 Å². The monoisotopic (exact) mass is 201 g/mol. The molecule has 2 aromatic rings. The van der Waals surface area contributed by atoms with Gasteiger partial charge < -0.3 is 5.73 Å². The van der Waals surface area contributed by atoms with E-state index < -0.39 is 0 Å². The van der Waals surface area contributed by atoms with Crippen LogP contribution in [-0.2, 0) is 0 Å². The van der Waals surface area contributed by atoms with Gasteiger partial charge in [-0.1, -0.05) is 18.2 Å². The molecular weight excluding hydrogens is 189 g/mol. The van der Waals surface area contributed by atoms with Gasteiger partial charge in [0.1, 0.15) is 5.82 Å². The van der Waals surface area contributed by atoms with E-state index in [-0.39, 0.29) is 5.82 Å². The lowest BCUT2D eigenvalue weighted by Crippen LogP contribution is -1.89. The van der Waals surface area contributed by atoms with Crippen LogP contribution in [0.2, 0.25) is 0 Å². The summed E-state index contributed by atoms with van der Waals surface area (Å²) in [6, 6.07) is 12.2. The average Bonchev–Trinajstić information content (AvgIpc) is 2.22. The van der Waals surface area contributed by atoms with E-state index in [1.54, 1.807) is 6.07 Å². The molecule has 0 unspecified atom stereocenters. The highest BCUT2D eigenvalue weighted by atomic mass is 19.1. The highest BCUT2D eigenvalue weighted by molar-refractivity contribution is 5.67. The molecule has 0 atom stereocenters. The van der Waals surface area contributed by atoms with E-state index >= 15 is 0 Å². The van der Waals surface area contributed by atoms with Crippen molar-refractivity contribution in [2.24, 2.45) is 0 Å². The standard InChI is InChI=1S/C13H12FN/c1-9-7-11(5-6-13(9)15)10-3-2-4-12(14)8-10/h2-8H,15H2,1H3. The molecule has 2 aromatic carbocycles. The molecule has 0 aliphatic heterocycles. The van der Waals surface area contributed by atoms with Crippen molar-refractivity contribution in [3.63, 3.8) is 0 Å². The number of nitrogens with two attached hydrogens (primary N) is 1. The van der Waals surface area contributed by atoms with Crippen molar-refractivity contribution >= 4 is 5.69 Å². The van der Waals surface area contributed by atoms with Gasteiger partial charge in [-0.25, -0.2) is 4.39 Å². The topological polar surface area (TPSA) is 26.0 Å². The zero-order valence-corrected chi connectivity index (χ0v) is 8.50. The van der Waals surface area contributed by atoms with Gasteiger partial charge in [0.15, 0.2) is 0 Å². The highest BCUT2D eigenvalue weighted by Crippen LogP contribution is 2.23. The zero-order valence-electron chi connectivity index (χ0n) is 8.50. The van der Waals surface area contributed by atoms with Gasteiger partial charge in [-0.15, -0.1) is 0 Å². The van der Waals surface area contributed by atoms with Crippen LogP contribution >= 0.6 is 0 Å². The summed E-state index contributed by atoms with van der Waals surface area (Å²) in [7, 11) is 0. The second-order valence-electron chi connectivity index (χ2n) is 3.58. The molecule has 2 rings (SSSR count). The maximum Gasteiger partial charge on any atom is 0.123 e. The van der Waals surface area contributed by atoms with Crippen LogP contribution in [-0.4, -0.2) is 0 Å². The summed E-state index contributed by atoms with van der Waals surface area (Å²) in [4.78, 5) is 0. The van der Waals surface area contributed by atoms with Crippen LogP contribution in [0.5, 0.6) is 0 Å². The highest BCUT2D eigenvalue weighted by Gasteiger charge is 2.00. The lowest BCUT2D eigenvalue weighted by Gasteiger charge is -2.05. The van der Waals surface area contributed by atoms with Crippen molar-refractivity contribution in [3.05, 3.63) is 53.8 Å². The Morgan fingerprint density at radius 2 is 1.73 bits per heavy atom. The number of benzene rings is 2. The predicted octanol–water partition coefficient (Wildman–Crippen LogP) is 3.38. The minimum absolute atomic E-state index is 0.220. The van der Waals surface area contributed by atoms with Crippen molar-refractivity contribution in [1.82, 2.24) is 0 Å². The molecule has 0 saturated heterocycles. The van der Waals surface area contributed by atoms with E-state index in [1.807, 2.05) is 31.2 Å². The van der Waals surface area contributed by atoms with Crippen LogP contribution in [0.25, 0.3) is 11.1 Å². The number of anilines is 1. The average molecular weight is 201 g/mol. The Kier molecular flexibility index (Phi) is 2.42. The van der Waals surface area contributed by atoms with Crippen molar-refractivity contribution in [3.8, 4) is 11.1 Å². The lowest BCUT2D eigenvalue weighted by molar-refractivity contribution is 0.628. The molecule has 0 fully saturated rings. The van der Waals surface area contributed by atoms with E-state index in [4.69, 9.17) is 5.73 Å². The van der Waals surface area contributed by atoms with Gasteiger partial charge in [0.2, 0.25) is 0 Å². The van der Waals surface area contributed by atoms with E-state index in [0.717, 1.165) is 22.4 Å². The SMILES string of the molecule is Cc1cc(-c2cccc(F)c2)ccc1N. The van der Waals surface area contributed by atoms with Gasteiger partial charge in [-0.2, -0.15) is 0 Å². The minimum atomic E-state index is -0.220. The molecule has 0 amide bonds. The molecule has 0 saturated carbocycles. The fourth-order valence-electron chi connectivity index (χ4n) is 1.52. The minimum Gasteiger partial charge on any atom is -0.399 e. The molecule has 0 radical (unpaired) electrons. The summed E-state index contributed by atoms with van der Waals surface area (Å²) in [5.41, 5.74) is 9.35. The summed E-state index contributed by atoms with van der Waals surface area (Å²) in [6.45, 7) is 1.94. The van der Waals surface area contributed by atoms with Crippen molar-refractivity contribution in [2.75, 3.05) is 5.73 Å². The van der Waals surface area contributed by atoms with Gasteiger partial charge in [-0.3, -0.25) is 0 Å². The van der Waals surface area contributed by atoms with Crippen LogP contribution in [0.1, 0.15) is 5.56 Å². The second-order valence-corrected chi connectivity index (χ2v) is 3.58. The predicted molar refractivity (Wildman–Crippen MR) is 61.0 cm³/mol. The Morgan fingerprint density at radius 1 is 1.00 bits per heavy atom. The van der Waals surface area contributed by atoms with Crippen LogP contribution in [0.3, 0.4) is 0 Å². The molecule has 0 aliphatic rings. The smallest absolute Gasteiger partial charge is 0.123 e. The molecule has 2 heteroatoms. The number of hydrogen-bond donors (Lipinski definition) is 1. The summed E-state index contributed by atoms with van der Waals surface area (Å²) in [5, 5.41) is 0. The van der Waals surface area contributed by atoms with Gasteiger partial charge >= 0.3 is 0 Å². The third-order valence-electron chi connectivity index (χ3n) is 2.43. The molecule has 0 spiro atoms. The van der Waals surface area contributed by atoms with Crippen LogP contribution in [0, 0.1) is 12.7 Å². The van der Waals surface area contributed by atoms with Gasteiger partial charge in [0, 0.05) is 5.69 Å². The largest absolute Gasteiger partial charge is 0.399 e. The number of nitrogen functional groups attached to an aromatic ring is 1. The summed E-state index contributed by atoms with van der Waals surface area (Å²) in [6.07, 6.45) is 0. The molecule has 0 aliphatic carbocycles. The first-order valence-electron chi connectivity index (χ1n) is 4.79. The lowest BCUT2D eigenvalue weighted by atomic mass is 10.0. The van der Waals surface area contributed by atoms with Gasteiger partial charge in [0.25, 0.3) is 0 Å². The van der Waals surface area contributed by atoms with Gasteiger partial charge in [0.05, 0.1) is 0 Å². The van der Waals surface area contributed by atoms with E-state index in [2.05, 4.69) is 0 Å². The third-order valence-corrected chi connectivity index (χ3v) is 2.43. The maximum atomic E-state index is 13.0. The molecule has 0 bridgehead atoms. The zero-order chi connectivity index (χ0) is 10.8. The Hall–Kier alpha value is -1.83. The molecule has 0 heterocycles. The number of rotatable bonds is 1. The Balaban J connectivity index is 2.50. The molecule has 0 aromatic heterocycles. The van der Waals surface area contributed by atoms with Crippen LogP contribution < -0.4 is 5.73 Å². The van der Waals surface area contributed by atoms with Crippen molar-refractivity contribution in [2.45, 2.75) is 6.92 Å². The number of aryl methyl sites for hydroxylation is 1. The van der Waals surface area contributed by atoms with Crippen molar-refractivity contribution < 1.29 is 4.39 Å². The third kappa shape index (κ3) is 1.99. The molecular formula is C13H12FN. The molecule has 15 heavy (non-hydrogen) atoms. The summed E-state index contributed by atoms with van der Waals surface area (Å²) >= 11 is 0. The fourth-order valence-corrected chi connectivity index (χ4v) is 1.52. The van der Waals surface area contributed by atoms with E-state index in [0.29, 0.717) is 0 Å². The van der Waals surface area contributed by atoms with Crippen molar-refractivity contribution in [1.29, 1.82) is 0 Å². The number of halogens is 1. The summed E-state index contributed by atoms with van der Waals surface area (Å²) in [5.74, 6) is -0.220.